The van der Waals surface area contributed by atoms with E-state index in [1.54, 1.807) is 4.68 Å². The third-order valence-corrected chi connectivity index (χ3v) is 6.16. The van der Waals surface area contributed by atoms with Crippen molar-refractivity contribution in [1.29, 1.82) is 0 Å². The van der Waals surface area contributed by atoms with Crippen molar-refractivity contribution in [3.05, 3.63) is 63.3 Å². The van der Waals surface area contributed by atoms with Gasteiger partial charge in [0.1, 0.15) is 0 Å². The van der Waals surface area contributed by atoms with Crippen molar-refractivity contribution >= 4 is 5.91 Å². The van der Waals surface area contributed by atoms with Gasteiger partial charge in [0, 0.05) is 36.2 Å². The summed E-state index contributed by atoms with van der Waals surface area (Å²) in [5.74, 6) is -0.491. The molecule has 32 heavy (non-hydrogen) atoms. The molecule has 2 aromatic heterocycles. The molecule has 7 nitrogen and oxygen atoms in total. The number of nitrogens with zero attached hydrogens (tertiary/aromatic N) is 4. The second-order valence-corrected chi connectivity index (χ2v) is 8.64. The molecule has 1 aromatic carbocycles. The summed E-state index contributed by atoms with van der Waals surface area (Å²) in [6, 6.07) is 9.56. The van der Waals surface area contributed by atoms with Gasteiger partial charge in [0.15, 0.2) is 0 Å². The van der Waals surface area contributed by atoms with Crippen LogP contribution in [0.4, 0.5) is 0 Å². The van der Waals surface area contributed by atoms with Crippen molar-refractivity contribution in [3.63, 3.8) is 0 Å². The molecule has 0 aliphatic carbocycles. The predicted molar refractivity (Wildman–Crippen MR) is 130 cm³/mol. The fraction of sp³-hybridized carbons (Fsp3) is 0.440. The number of hydrogen-bond acceptors (Lipinski definition) is 3. The van der Waals surface area contributed by atoms with E-state index in [1.165, 1.54) is 0 Å². The quantitative estimate of drug-likeness (QED) is 0.558. The minimum absolute atomic E-state index is 0.138. The third-order valence-electron chi connectivity index (χ3n) is 6.16. The smallest absolute Gasteiger partial charge is 0.279 e. The van der Waals surface area contributed by atoms with Gasteiger partial charge in [0.2, 0.25) is 0 Å². The summed E-state index contributed by atoms with van der Waals surface area (Å²) < 4.78 is 5.71. The molecule has 0 atom stereocenters. The Hall–Kier alpha value is -3.06. The molecule has 0 aliphatic heterocycles. The van der Waals surface area contributed by atoms with Crippen LogP contribution in [-0.2, 0) is 20.0 Å². The Labute approximate surface area is 190 Å². The number of para-hydroxylation sites is 1. The van der Waals surface area contributed by atoms with Gasteiger partial charge in [-0.25, -0.2) is 4.68 Å². The van der Waals surface area contributed by atoms with Gasteiger partial charge >= 0.3 is 0 Å². The van der Waals surface area contributed by atoms with E-state index in [9.17, 15) is 9.59 Å². The van der Waals surface area contributed by atoms with Gasteiger partial charge in [-0.15, -0.1) is 0 Å². The van der Waals surface area contributed by atoms with Crippen LogP contribution in [-0.4, -0.2) is 45.4 Å². The van der Waals surface area contributed by atoms with Crippen molar-refractivity contribution in [1.82, 2.24) is 18.8 Å². The molecule has 0 fully saturated rings. The van der Waals surface area contributed by atoms with Gasteiger partial charge in [0.25, 0.3) is 11.5 Å². The van der Waals surface area contributed by atoms with Crippen LogP contribution >= 0.6 is 0 Å². The largest absolute Gasteiger partial charge is 0.366 e. The lowest BCUT2D eigenvalue weighted by Crippen LogP contribution is -2.21. The zero-order valence-corrected chi connectivity index (χ0v) is 20.1. The van der Waals surface area contributed by atoms with Crippen molar-refractivity contribution in [3.8, 4) is 16.8 Å². The average molecular weight is 438 g/mol. The lowest BCUT2D eigenvalue weighted by Gasteiger charge is -2.14. The molecule has 0 saturated carbocycles. The fourth-order valence-electron chi connectivity index (χ4n) is 4.57. The Morgan fingerprint density at radius 2 is 1.72 bits per heavy atom. The second-order valence-electron chi connectivity index (χ2n) is 8.64. The topological polar surface area (TPSA) is 78.2 Å². The molecule has 0 spiro atoms. The molecular formula is C25H35N5O2. The summed E-state index contributed by atoms with van der Waals surface area (Å²) >= 11 is 0. The summed E-state index contributed by atoms with van der Waals surface area (Å²) in [5, 5.41) is 0. The summed E-state index contributed by atoms with van der Waals surface area (Å²) in [6.07, 6.45) is 2.62. The van der Waals surface area contributed by atoms with Crippen LogP contribution < -0.4 is 11.3 Å². The number of hydrogen-bond donors (Lipinski definition) is 1. The first-order valence-electron chi connectivity index (χ1n) is 11.2. The van der Waals surface area contributed by atoms with E-state index >= 15 is 0 Å². The number of amides is 1. The molecule has 2 heterocycles. The maximum atomic E-state index is 13.7. The average Bonchev–Trinajstić information content (AvgIpc) is 3.12. The molecule has 0 aliphatic rings. The molecule has 0 unspecified atom stereocenters. The van der Waals surface area contributed by atoms with Crippen LogP contribution in [0.1, 0.15) is 47.2 Å². The molecule has 0 saturated heterocycles. The van der Waals surface area contributed by atoms with E-state index in [0.717, 1.165) is 55.1 Å². The van der Waals surface area contributed by atoms with Crippen molar-refractivity contribution < 1.29 is 4.79 Å². The number of carbonyl (C=O) groups excluding carboxylic acids is 1. The van der Waals surface area contributed by atoms with E-state index in [4.69, 9.17) is 5.73 Å². The monoisotopic (exact) mass is 437 g/mol. The molecule has 2 N–H and O–H groups in total. The van der Waals surface area contributed by atoms with Gasteiger partial charge in [0.05, 0.1) is 16.8 Å². The Morgan fingerprint density at radius 3 is 2.28 bits per heavy atom. The van der Waals surface area contributed by atoms with Crippen LogP contribution in [0.3, 0.4) is 0 Å². The molecule has 1 amide bonds. The summed E-state index contributed by atoms with van der Waals surface area (Å²) in [7, 11) is 5.97. The SMILES string of the molecule is CCCc1c(-c2c(C)n(C)n(-c3ccccc3)c2=O)c(C(N)=O)c(C)n1CCCN(C)C. The lowest BCUT2D eigenvalue weighted by molar-refractivity contribution is 0.1000. The van der Waals surface area contributed by atoms with Gasteiger partial charge in [-0.3, -0.25) is 14.3 Å². The van der Waals surface area contributed by atoms with Crippen LogP contribution in [0, 0.1) is 13.8 Å². The fourth-order valence-corrected chi connectivity index (χ4v) is 4.57. The standard InChI is InChI=1S/C25H35N5O2/c1-7-12-20-23(21(24(26)31)18(3)29(20)16-11-15-27(4)5)22-17(2)28(6)30(25(22)32)19-13-9-8-10-14-19/h8-10,13-14H,7,11-12,15-16H2,1-6H3,(H2,26,31). The number of carbonyl (C=O) groups is 1. The first kappa shape index (κ1) is 23.6. The zero-order valence-electron chi connectivity index (χ0n) is 20.1. The maximum Gasteiger partial charge on any atom is 0.279 e. The molecule has 0 radical (unpaired) electrons. The number of benzene rings is 1. The maximum absolute atomic E-state index is 13.7. The number of nitrogens with two attached hydrogens (primary N) is 1. The van der Waals surface area contributed by atoms with Crippen LogP contribution in [0.5, 0.6) is 0 Å². The summed E-state index contributed by atoms with van der Waals surface area (Å²) in [5.41, 5.74) is 10.9. The summed E-state index contributed by atoms with van der Waals surface area (Å²) in [4.78, 5) is 28.5. The van der Waals surface area contributed by atoms with E-state index in [-0.39, 0.29) is 5.56 Å². The Bertz CT molecular complexity index is 1170. The highest BCUT2D eigenvalue weighted by Gasteiger charge is 2.29. The van der Waals surface area contributed by atoms with E-state index < -0.39 is 5.91 Å². The van der Waals surface area contributed by atoms with Crippen molar-refractivity contribution in [2.45, 2.75) is 46.6 Å². The Kier molecular flexibility index (Phi) is 7.09. The third kappa shape index (κ3) is 4.17. The van der Waals surface area contributed by atoms with Crippen molar-refractivity contribution in [2.24, 2.45) is 12.8 Å². The number of rotatable bonds is 9. The molecule has 0 bridgehead atoms. The highest BCUT2D eigenvalue weighted by Crippen LogP contribution is 2.34. The minimum Gasteiger partial charge on any atom is -0.366 e. The van der Waals surface area contributed by atoms with Crippen LogP contribution in [0.2, 0.25) is 0 Å². The molecule has 7 heteroatoms. The van der Waals surface area contributed by atoms with Crippen LogP contribution in [0.15, 0.2) is 35.1 Å². The summed E-state index contributed by atoms with van der Waals surface area (Å²) in [6.45, 7) is 7.69. The minimum atomic E-state index is -0.491. The number of primary amides is 1. The van der Waals surface area contributed by atoms with Gasteiger partial charge < -0.3 is 15.2 Å². The van der Waals surface area contributed by atoms with E-state index in [0.29, 0.717) is 16.7 Å². The predicted octanol–water partition coefficient (Wildman–Crippen LogP) is 3.26. The highest BCUT2D eigenvalue weighted by molar-refractivity contribution is 6.02. The molecule has 3 aromatic rings. The Morgan fingerprint density at radius 1 is 1.06 bits per heavy atom. The second kappa shape index (κ2) is 9.61. The van der Waals surface area contributed by atoms with Gasteiger partial charge in [-0.1, -0.05) is 31.5 Å². The lowest BCUT2D eigenvalue weighted by atomic mass is 9.98. The van der Waals surface area contributed by atoms with Gasteiger partial charge in [-0.2, -0.15) is 0 Å². The first-order chi connectivity index (χ1) is 15.2. The normalized spacial score (nSPS) is 11.5. The molecular weight excluding hydrogens is 402 g/mol. The Balaban J connectivity index is 2.30. The molecule has 172 valence electrons. The number of aromatic nitrogens is 3. The zero-order chi connectivity index (χ0) is 23.6. The van der Waals surface area contributed by atoms with Crippen LogP contribution in [0.25, 0.3) is 16.8 Å². The van der Waals surface area contributed by atoms with E-state index in [2.05, 4.69) is 30.5 Å². The van der Waals surface area contributed by atoms with E-state index in [1.807, 2.05) is 55.9 Å². The van der Waals surface area contributed by atoms with Gasteiger partial charge in [-0.05, 0) is 59.5 Å². The first-order valence-corrected chi connectivity index (χ1v) is 11.2. The highest BCUT2D eigenvalue weighted by atomic mass is 16.1. The molecule has 3 rings (SSSR count). The van der Waals surface area contributed by atoms with Crippen molar-refractivity contribution in [2.75, 3.05) is 20.6 Å².